The lowest BCUT2D eigenvalue weighted by Crippen LogP contribution is -2.20. The average molecular weight is 169 g/mol. The van der Waals surface area contributed by atoms with Gasteiger partial charge in [0.2, 0.25) is 5.91 Å². The van der Waals surface area contributed by atoms with Gasteiger partial charge in [-0.15, -0.1) is 0 Å². The lowest BCUT2D eigenvalue weighted by molar-refractivity contribution is -0.119. The molecular formula is C10H19NO. The van der Waals surface area contributed by atoms with Crippen molar-refractivity contribution in [2.24, 2.45) is 17.6 Å². The molecule has 1 fully saturated rings. The van der Waals surface area contributed by atoms with Gasteiger partial charge < -0.3 is 5.73 Å². The van der Waals surface area contributed by atoms with E-state index >= 15 is 0 Å². The topological polar surface area (TPSA) is 43.1 Å². The summed E-state index contributed by atoms with van der Waals surface area (Å²) in [7, 11) is 0. The van der Waals surface area contributed by atoms with Gasteiger partial charge in [-0.2, -0.15) is 0 Å². The van der Waals surface area contributed by atoms with E-state index in [0.717, 1.165) is 5.92 Å². The fourth-order valence-corrected chi connectivity index (χ4v) is 2.13. The van der Waals surface area contributed by atoms with Gasteiger partial charge >= 0.3 is 0 Å². The SMILES string of the molecule is CCC1CCC(CC(N)=O)CC1. The quantitative estimate of drug-likeness (QED) is 0.690. The van der Waals surface area contributed by atoms with Crippen molar-refractivity contribution in [2.45, 2.75) is 45.4 Å². The Balaban J connectivity index is 2.21. The van der Waals surface area contributed by atoms with Crippen LogP contribution in [0.5, 0.6) is 0 Å². The number of carbonyl (C=O) groups excluding carboxylic acids is 1. The molecule has 2 heteroatoms. The molecule has 0 aromatic rings. The highest BCUT2D eigenvalue weighted by molar-refractivity contribution is 5.73. The van der Waals surface area contributed by atoms with Gasteiger partial charge in [0.1, 0.15) is 0 Å². The number of carbonyl (C=O) groups is 1. The fourth-order valence-electron chi connectivity index (χ4n) is 2.13. The highest BCUT2D eigenvalue weighted by Gasteiger charge is 2.20. The summed E-state index contributed by atoms with van der Waals surface area (Å²) in [6.07, 6.45) is 6.92. The second-order valence-electron chi connectivity index (χ2n) is 3.97. The van der Waals surface area contributed by atoms with Crippen molar-refractivity contribution in [2.75, 3.05) is 0 Å². The van der Waals surface area contributed by atoms with Crippen LogP contribution in [0.25, 0.3) is 0 Å². The predicted octanol–water partition coefficient (Wildman–Crippen LogP) is 2.08. The lowest BCUT2D eigenvalue weighted by Gasteiger charge is -2.26. The predicted molar refractivity (Wildman–Crippen MR) is 49.6 cm³/mol. The third kappa shape index (κ3) is 2.84. The van der Waals surface area contributed by atoms with Crippen LogP contribution in [0.3, 0.4) is 0 Å². The Morgan fingerprint density at radius 1 is 1.25 bits per heavy atom. The largest absolute Gasteiger partial charge is 0.370 e. The summed E-state index contributed by atoms with van der Waals surface area (Å²) in [4.78, 5) is 10.6. The highest BCUT2D eigenvalue weighted by Crippen LogP contribution is 2.31. The molecule has 1 amide bonds. The molecule has 0 bridgehead atoms. The van der Waals surface area contributed by atoms with Crippen molar-refractivity contribution in [3.63, 3.8) is 0 Å². The number of hydrogen-bond donors (Lipinski definition) is 1. The third-order valence-corrected chi connectivity index (χ3v) is 3.03. The summed E-state index contributed by atoms with van der Waals surface area (Å²) < 4.78 is 0. The van der Waals surface area contributed by atoms with Crippen LogP contribution >= 0.6 is 0 Å². The van der Waals surface area contributed by atoms with E-state index in [1.54, 1.807) is 0 Å². The zero-order valence-corrected chi connectivity index (χ0v) is 7.88. The molecule has 0 aromatic heterocycles. The minimum atomic E-state index is -0.130. The maximum Gasteiger partial charge on any atom is 0.217 e. The van der Waals surface area contributed by atoms with Crippen LogP contribution in [0.2, 0.25) is 0 Å². The van der Waals surface area contributed by atoms with Crippen molar-refractivity contribution < 1.29 is 4.79 Å². The summed E-state index contributed by atoms with van der Waals surface area (Å²) in [5.41, 5.74) is 5.15. The van der Waals surface area contributed by atoms with Gasteiger partial charge in [-0.25, -0.2) is 0 Å². The smallest absolute Gasteiger partial charge is 0.217 e. The first-order chi connectivity index (χ1) is 5.72. The molecule has 0 saturated heterocycles. The van der Waals surface area contributed by atoms with E-state index in [1.165, 1.54) is 32.1 Å². The molecule has 0 radical (unpaired) electrons. The van der Waals surface area contributed by atoms with Crippen LogP contribution in [-0.2, 0) is 4.79 Å². The highest BCUT2D eigenvalue weighted by atomic mass is 16.1. The Labute approximate surface area is 74.5 Å². The van der Waals surface area contributed by atoms with E-state index in [-0.39, 0.29) is 5.91 Å². The molecule has 0 spiro atoms. The first kappa shape index (κ1) is 9.56. The number of amides is 1. The third-order valence-electron chi connectivity index (χ3n) is 3.03. The van der Waals surface area contributed by atoms with Crippen LogP contribution < -0.4 is 5.73 Å². The van der Waals surface area contributed by atoms with Crippen molar-refractivity contribution >= 4 is 5.91 Å². The molecule has 1 saturated carbocycles. The molecule has 70 valence electrons. The Morgan fingerprint density at radius 2 is 1.75 bits per heavy atom. The standard InChI is InChI=1S/C10H19NO/c1-2-8-3-5-9(6-4-8)7-10(11)12/h8-9H,2-7H2,1H3,(H2,11,12). The monoisotopic (exact) mass is 169 g/mol. The summed E-state index contributed by atoms with van der Waals surface area (Å²) in [6, 6.07) is 0. The zero-order chi connectivity index (χ0) is 8.97. The van der Waals surface area contributed by atoms with E-state index in [0.29, 0.717) is 12.3 Å². The second kappa shape index (κ2) is 4.48. The molecule has 0 heterocycles. The molecule has 0 atom stereocenters. The number of rotatable bonds is 3. The van der Waals surface area contributed by atoms with Gasteiger partial charge in [0.15, 0.2) is 0 Å². The number of primary amides is 1. The van der Waals surface area contributed by atoms with Gasteiger partial charge in [0, 0.05) is 6.42 Å². The Hall–Kier alpha value is -0.530. The van der Waals surface area contributed by atoms with Crippen molar-refractivity contribution in [3.05, 3.63) is 0 Å². The number of nitrogens with two attached hydrogens (primary N) is 1. The summed E-state index contributed by atoms with van der Waals surface area (Å²) in [5.74, 6) is 1.37. The average Bonchev–Trinajstić information content (AvgIpc) is 2.05. The van der Waals surface area contributed by atoms with Crippen molar-refractivity contribution in [3.8, 4) is 0 Å². The lowest BCUT2D eigenvalue weighted by atomic mass is 9.79. The Bertz CT molecular complexity index is 148. The minimum absolute atomic E-state index is 0.130. The first-order valence-corrected chi connectivity index (χ1v) is 5.00. The van der Waals surface area contributed by atoms with Crippen LogP contribution in [0.4, 0.5) is 0 Å². The minimum Gasteiger partial charge on any atom is -0.370 e. The molecule has 2 N–H and O–H groups in total. The van der Waals surface area contributed by atoms with Gasteiger partial charge in [0.25, 0.3) is 0 Å². The first-order valence-electron chi connectivity index (χ1n) is 5.00. The zero-order valence-electron chi connectivity index (χ0n) is 7.88. The van der Waals surface area contributed by atoms with Gasteiger partial charge in [0.05, 0.1) is 0 Å². The summed E-state index contributed by atoms with van der Waals surface area (Å²) in [6.45, 7) is 2.25. The van der Waals surface area contributed by atoms with Crippen LogP contribution in [-0.4, -0.2) is 5.91 Å². The Morgan fingerprint density at radius 3 is 2.17 bits per heavy atom. The Kier molecular flexibility index (Phi) is 3.57. The molecule has 1 aliphatic rings. The van der Waals surface area contributed by atoms with Gasteiger partial charge in [-0.1, -0.05) is 26.2 Å². The molecule has 1 rings (SSSR count). The molecule has 2 nitrogen and oxygen atoms in total. The summed E-state index contributed by atoms with van der Waals surface area (Å²) in [5, 5.41) is 0. The van der Waals surface area contributed by atoms with E-state index < -0.39 is 0 Å². The van der Waals surface area contributed by atoms with E-state index in [2.05, 4.69) is 6.92 Å². The molecule has 1 aliphatic carbocycles. The molecule has 0 unspecified atom stereocenters. The van der Waals surface area contributed by atoms with Crippen LogP contribution in [0.1, 0.15) is 45.4 Å². The fraction of sp³-hybridized carbons (Fsp3) is 0.900. The van der Waals surface area contributed by atoms with E-state index in [9.17, 15) is 4.79 Å². The van der Waals surface area contributed by atoms with E-state index in [4.69, 9.17) is 5.73 Å². The summed E-state index contributed by atoms with van der Waals surface area (Å²) >= 11 is 0. The van der Waals surface area contributed by atoms with Crippen LogP contribution in [0, 0.1) is 11.8 Å². The molecule has 0 aromatic carbocycles. The molecular weight excluding hydrogens is 150 g/mol. The van der Waals surface area contributed by atoms with E-state index in [1.807, 2.05) is 0 Å². The van der Waals surface area contributed by atoms with Gasteiger partial charge in [-0.3, -0.25) is 4.79 Å². The van der Waals surface area contributed by atoms with Gasteiger partial charge in [-0.05, 0) is 24.7 Å². The molecule has 12 heavy (non-hydrogen) atoms. The maximum absolute atomic E-state index is 10.6. The molecule has 0 aliphatic heterocycles. The van der Waals surface area contributed by atoms with Crippen molar-refractivity contribution in [1.29, 1.82) is 0 Å². The van der Waals surface area contributed by atoms with Crippen molar-refractivity contribution in [1.82, 2.24) is 0 Å². The maximum atomic E-state index is 10.6. The second-order valence-corrected chi connectivity index (χ2v) is 3.97. The van der Waals surface area contributed by atoms with Crippen LogP contribution in [0.15, 0.2) is 0 Å². The number of hydrogen-bond acceptors (Lipinski definition) is 1. The normalized spacial score (nSPS) is 30.1.